The van der Waals surface area contributed by atoms with E-state index in [4.69, 9.17) is 0 Å². The molecule has 1 saturated carbocycles. The Bertz CT molecular complexity index is 948. The third kappa shape index (κ3) is 3.88. The summed E-state index contributed by atoms with van der Waals surface area (Å²) in [5.74, 6) is -0.690. The van der Waals surface area contributed by atoms with E-state index in [-0.39, 0.29) is 24.3 Å². The fourth-order valence-corrected chi connectivity index (χ4v) is 4.35. The SMILES string of the molecule is Cc1nccc(N[C@@H]2C[C@H](CO)[C@@H](O)[C@@H]2F)c1C(=O)c1cn(C(C)(C)C)c(C)c1C. The Hall–Kier alpha value is -2.25. The fraction of sp³-hybridized carbons (Fsp3) is 0.565. The van der Waals surface area contributed by atoms with Crippen molar-refractivity contribution >= 4 is 11.5 Å². The van der Waals surface area contributed by atoms with Crippen LogP contribution in [0.5, 0.6) is 0 Å². The number of aliphatic hydroxyl groups is 2. The quantitative estimate of drug-likeness (QED) is 0.650. The van der Waals surface area contributed by atoms with E-state index in [1.807, 2.05) is 20.0 Å². The predicted molar refractivity (Wildman–Crippen MR) is 115 cm³/mol. The molecule has 0 radical (unpaired) electrons. The Labute approximate surface area is 177 Å². The van der Waals surface area contributed by atoms with Crippen LogP contribution in [0, 0.1) is 26.7 Å². The summed E-state index contributed by atoms with van der Waals surface area (Å²) >= 11 is 0. The van der Waals surface area contributed by atoms with E-state index in [1.54, 1.807) is 19.2 Å². The molecule has 30 heavy (non-hydrogen) atoms. The number of pyridine rings is 1. The minimum atomic E-state index is -1.52. The molecule has 2 aromatic heterocycles. The highest BCUT2D eigenvalue weighted by atomic mass is 19.1. The first-order valence-corrected chi connectivity index (χ1v) is 10.4. The molecule has 0 bridgehead atoms. The van der Waals surface area contributed by atoms with Crippen LogP contribution in [-0.2, 0) is 5.54 Å². The van der Waals surface area contributed by atoms with Crippen molar-refractivity contribution in [3.05, 3.63) is 46.5 Å². The molecule has 3 N–H and O–H groups in total. The number of nitrogens with one attached hydrogen (secondary N) is 1. The van der Waals surface area contributed by atoms with Crippen LogP contribution in [0.15, 0.2) is 18.5 Å². The number of hydrogen-bond acceptors (Lipinski definition) is 5. The van der Waals surface area contributed by atoms with E-state index < -0.39 is 24.2 Å². The zero-order chi connectivity index (χ0) is 22.4. The van der Waals surface area contributed by atoms with Gasteiger partial charge in [-0.15, -0.1) is 0 Å². The van der Waals surface area contributed by atoms with Crippen molar-refractivity contribution in [3.63, 3.8) is 0 Å². The lowest BCUT2D eigenvalue weighted by Gasteiger charge is -2.23. The van der Waals surface area contributed by atoms with Gasteiger partial charge in [-0.1, -0.05) is 0 Å². The summed E-state index contributed by atoms with van der Waals surface area (Å²) in [6.07, 6.45) is 0.994. The summed E-state index contributed by atoms with van der Waals surface area (Å²) in [7, 11) is 0. The lowest BCUT2D eigenvalue weighted by molar-refractivity contribution is 0.0444. The molecule has 6 nitrogen and oxygen atoms in total. The van der Waals surface area contributed by atoms with E-state index in [0.717, 1.165) is 11.3 Å². The summed E-state index contributed by atoms with van der Waals surface area (Å²) < 4.78 is 16.7. The number of aliphatic hydroxyl groups excluding tert-OH is 2. The van der Waals surface area contributed by atoms with Gasteiger partial charge in [-0.2, -0.15) is 0 Å². The van der Waals surface area contributed by atoms with E-state index >= 15 is 0 Å². The van der Waals surface area contributed by atoms with Crippen molar-refractivity contribution in [1.82, 2.24) is 9.55 Å². The van der Waals surface area contributed by atoms with Gasteiger partial charge < -0.3 is 20.1 Å². The molecule has 0 aromatic carbocycles. The minimum Gasteiger partial charge on any atom is -0.396 e. The summed E-state index contributed by atoms with van der Waals surface area (Å²) in [5.41, 5.74) is 3.81. The Morgan fingerprint density at radius 2 is 2.00 bits per heavy atom. The van der Waals surface area contributed by atoms with Crippen LogP contribution >= 0.6 is 0 Å². The third-order valence-corrected chi connectivity index (χ3v) is 6.23. The number of nitrogens with zero attached hydrogens (tertiary/aromatic N) is 2. The number of halogens is 1. The zero-order valence-corrected chi connectivity index (χ0v) is 18.5. The van der Waals surface area contributed by atoms with Gasteiger partial charge in [-0.3, -0.25) is 9.78 Å². The average molecular weight is 418 g/mol. The molecular weight excluding hydrogens is 385 g/mol. The fourth-order valence-electron chi connectivity index (χ4n) is 4.35. The maximum Gasteiger partial charge on any atom is 0.198 e. The first-order chi connectivity index (χ1) is 14.0. The average Bonchev–Trinajstić information content (AvgIpc) is 3.12. The van der Waals surface area contributed by atoms with Crippen molar-refractivity contribution in [2.45, 2.75) is 71.8 Å². The first-order valence-electron chi connectivity index (χ1n) is 10.4. The number of anilines is 1. The molecule has 4 atom stereocenters. The number of alkyl halides is 1. The van der Waals surface area contributed by atoms with E-state index in [0.29, 0.717) is 22.5 Å². The molecule has 164 valence electrons. The highest BCUT2D eigenvalue weighted by Crippen LogP contribution is 2.33. The first kappa shape index (κ1) is 22.4. The molecule has 1 fully saturated rings. The molecule has 2 aromatic rings. The summed E-state index contributed by atoms with van der Waals surface area (Å²) in [6, 6.07) is 0.974. The van der Waals surface area contributed by atoms with Gasteiger partial charge in [0.15, 0.2) is 5.78 Å². The topological polar surface area (TPSA) is 87.4 Å². The molecule has 1 aliphatic rings. The number of carbonyl (C=O) groups is 1. The zero-order valence-electron chi connectivity index (χ0n) is 18.5. The monoisotopic (exact) mass is 417 g/mol. The Kier molecular flexibility index (Phi) is 6.07. The highest BCUT2D eigenvalue weighted by molar-refractivity contribution is 6.14. The second-order valence-corrected chi connectivity index (χ2v) is 9.31. The maximum atomic E-state index is 14.6. The number of hydrogen-bond donors (Lipinski definition) is 3. The number of aromatic nitrogens is 2. The summed E-state index contributed by atoms with van der Waals surface area (Å²) in [5, 5.41) is 22.5. The molecule has 0 unspecified atom stereocenters. The Balaban J connectivity index is 1.99. The number of ketones is 1. The summed E-state index contributed by atoms with van der Waals surface area (Å²) in [6.45, 7) is 11.7. The molecule has 0 amide bonds. The van der Waals surface area contributed by atoms with E-state index in [1.165, 1.54) is 0 Å². The van der Waals surface area contributed by atoms with Gasteiger partial charge in [-0.05, 0) is 59.6 Å². The van der Waals surface area contributed by atoms with Crippen LogP contribution in [-0.4, -0.2) is 50.5 Å². The van der Waals surface area contributed by atoms with Crippen molar-refractivity contribution in [2.24, 2.45) is 5.92 Å². The summed E-state index contributed by atoms with van der Waals surface area (Å²) in [4.78, 5) is 17.8. The van der Waals surface area contributed by atoms with Gasteiger partial charge in [0.05, 0.1) is 23.4 Å². The van der Waals surface area contributed by atoms with Crippen LogP contribution in [0.3, 0.4) is 0 Å². The van der Waals surface area contributed by atoms with Crippen LogP contribution in [0.25, 0.3) is 0 Å². The molecular formula is C23H32FN3O3. The number of carbonyl (C=O) groups excluding carboxylic acids is 1. The highest BCUT2D eigenvalue weighted by Gasteiger charge is 2.43. The van der Waals surface area contributed by atoms with Gasteiger partial charge in [0, 0.05) is 47.4 Å². The number of aryl methyl sites for hydroxylation is 1. The standard InChI is InChI=1S/C23H32FN3O3/c1-12-14(3)27(23(4,5)6)10-16(12)22(30)19-13(2)25-8-7-17(19)26-18-9-15(11-28)21(29)20(18)24/h7-8,10,15,18,20-21,28-29H,9,11H2,1-6H3,(H,25,26)/t15-,18-,20-,21-/m1/s1. The van der Waals surface area contributed by atoms with Crippen LogP contribution in [0.1, 0.15) is 60.1 Å². The molecule has 7 heteroatoms. The van der Waals surface area contributed by atoms with Crippen molar-refractivity contribution < 1.29 is 19.4 Å². The van der Waals surface area contributed by atoms with Crippen LogP contribution in [0.2, 0.25) is 0 Å². The molecule has 3 rings (SSSR count). The molecule has 1 aliphatic carbocycles. The smallest absolute Gasteiger partial charge is 0.198 e. The molecule has 0 spiro atoms. The van der Waals surface area contributed by atoms with Crippen molar-refractivity contribution in [3.8, 4) is 0 Å². The van der Waals surface area contributed by atoms with Gasteiger partial charge in [0.1, 0.15) is 6.17 Å². The molecule has 0 aliphatic heterocycles. The Morgan fingerprint density at radius 1 is 1.33 bits per heavy atom. The van der Waals surface area contributed by atoms with Crippen molar-refractivity contribution in [2.75, 3.05) is 11.9 Å². The lowest BCUT2D eigenvalue weighted by atomic mass is 9.99. The second kappa shape index (κ2) is 8.12. The largest absolute Gasteiger partial charge is 0.396 e. The van der Waals surface area contributed by atoms with Gasteiger partial charge in [0.2, 0.25) is 0 Å². The lowest BCUT2D eigenvalue weighted by Crippen LogP contribution is -2.32. The van der Waals surface area contributed by atoms with Gasteiger partial charge in [-0.25, -0.2) is 4.39 Å². The van der Waals surface area contributed by atoms with Gasteiger partial charge >= 0.3 is 0 Å². The second-order valence-electron chi connectivity index (χ2n) is 9.31. The predicted octanol–water partition coefficient (Wildman–Crippen LogP) is 3.29. The van der Waals surface area contributed by atoms with Crippen LogP contribution < -0.4 is 5.32 Å². The molecule has 2 heterocycles. The maximum absolute atomic E-state index is 14.6. The molecule has 0 saturated heterocycles. The van der Waals surface area contributed by atoms with Crippen molar-refractivity contribution in [1.29, 1.82) is 0 Å². The van der Waals surface area contributed by atoms with Gasteiger partial charge in [0.25, 0.3) is 0 Å². The Morgan fingerprint density at radius 3 is 2.53 bits per heavy atom. The van der Waals surface area contributed by atoms with E-state index in [2.05, 4.69) is 35.6 Å². The third-order valence-electron chi connectivity index (χ3n) is 6.23. The normalized spacial score (nSPS) is 24.3. The van der Waals surface area contributed by atoms with Crippen LogP contribution in [0.4, 0.5) is 10.1 Å². The number of rotatable bonds is 5. The minimum absolute atomic E-state index is 0.167. The van der Waals surface area contributed by atoms with E-state index in [9.17, 15) is 19.4 Å².